The third kappa shape index (κ3) is 12.2. The Bertz CT molecular complexity index is 517. The Morgan fingerprint density at radius 3 is 1.61 bits per heavy atom. The fraction of sp³-hybridized carbons (Fsp3) is 0.955. The fourth-order valence-corrected chi connectivity index (χ4v) is 5.52. The summed E-state index contributed by atoms with van der Waals surface area (Å²) in [5.74, 6) is -1.23. The molecule has 6 atom stereocenters. The number of ether oxygens (including phenoxy) is 6. The summed E-state index contributed by atoms with van der Waals surface area (Å²) in [6.45, 7) is 14.1. The lowest BCUT2D eigenvalue weighted by Crippen LogP contribution is -2.62. The maximum absolute atomic E-state index is 13.6. The van der Waals surface area contributed by atoms with Crippen molar-refractivity contribution in [2.24, 2.45) is 0 Å². The molecular formula is C22H46O10Si. The van der Waals surface area contributed by atoms with Gasteiger partial charge in [0.25, 0.3) is 0 Å². The second-order valence-corrected chi connectivity index (χ2v) is 10.2. The van der Waals surface area contributed by atoms with Crippen LogP contribution in [0.1, 0.15) is 81.1 Å². The van der Waals surface area contributed by atoms with E-state index in [0.717, 1.165) is 6.42 Å². The molecule has 0 amide bonds. The lowest BCUT2D eigenvalue weighted by Gasteiger charge is -2.40. The summed E-state index contributed by atoms with van der Waals surface area (Å²) in [6.07, 6.45) is -1.39. The molecule has 0 spiro atoms. The van der Waals surface area contributed by atoms with Gasteiger partial charge in [-0.05, 0) is 54.4 Å². The highest BCUT2D eigenvalue weighted by atomic mass is 28.4. The highest BCUT2D eigenvalue weighted by molar-refractivity contribution is 6.92. The van der Waals surface area contributed by atoms with Gasteiger partial charge in [0.15, 0.2) is 37.2 Å². The number of rotatable bonds is 20. The Labute approximate surface area is 200 Å². The van der Waals surface area contributed by atoms with Gasteiger partial charge in [0.1, 0.15) is 0 Å². The van der Waals surface area contributed by atoms with Gasteiger partial charge >= 0.3 is 8.80 Å². The zero-order chi connectivity index (χ0) is 25.7. The number of hydrogen-bond acceptors (Lipinski definition) is 10. The zero-order valence-electron chi connectivity index (χ0n) is 22.3. The van der Waals surface area contributed by atoms with Crippen molar-refractivity contribution in [1.29, 1.82) is 0 Å². The van der Waals surface area contributed by atoms with E-state index in [0.29, 0.717) is 12.8 Å². The topological polar surface area (TPSA) is 100 Å². The first-order chi connectivity index (χ1) is 15.4. The molecule has 10 nitrogen and oxygen atoms in total. The molecule has 0 N–H and O–H groups in total. The van der Waals surface area contributed by atoms with Crippen molar-refractivity contribution in [3.8, 4) is 0 Å². The Balaban J connectivity index is 6.22. The van der Waals surface area contributed by atoms with Crippen molar-refractivity contribution in [1.82, 2.24) is 0 Å². The molecule has 0 aliphatic carbocycles. The van der Waals surface area contributed by atoms with Crippen LogP contribution in [0.4, 0.5) is 0 Å². The minimum Gasteiger partial charge on any atom is -0.356 e. The van der Waals surface area contributed by atoms with E-state index in [-0.39, 0.29) is 11.8 Å². The number of methoxy groups -OCH3 is 3. The first kappa shape index (κ1) is 32.5. The second kappa shape index (κ2) is 16.2. The third-order valence-electron chi connectivity index (χ3n) is 4.91. The van der Waals surface area contributed by atoms with Gasteiger partial charge in [-0.25, -0.2) is 0 Å². The standard InChI is InChI=1S/C22H46O10Si/c1-12-14-15-21(23)33(30-19(6)27-16(3)24-9,31-20(7)28-17(4)25-10)32-22(8,13-2)29-18(5)26-11/h16-20H,12-15H2,1-11H3. The van der Waals surface area contributed by atoms with Crippen LogP contribution >= 0.6 is 0 Å². The zero-order valence-corrected chi connectivity index (χ0v) is 23.3. The largest absolute Gasteiger partial charge is 0.580 e. The van der Waals surface area contributed by atoms with Crippen LogP contribution in [0.3, 0.4) is 0 Å². The average Bonchev–Trinajstić information content (AvgIpc) is 2.76. The van der Waals surface area contributed by atoms with Crippen molar-refractivity contribution in [3.63, 3.8) is 0 Å². The van der Waals surface area contributed by atoms with Gasteiger partial charge in [0.05, 0.1) is 0 Å². The van der Waals surface area contributed by atoms with Crippen LogP contribution < -0.4 is 0 Å². The Hall–Kier alpha value is -0.473. The summed E-state index contributed by atoms with van der Waals surface area (Å²) >= 11 is 0. The molecule has 11 heteroatoms. The molecule has 198 valence electrons. The number of carbonyl (C=O) groups is 1. The minimum atomic E-state index is -4.14. The van der Waals surface area contributed by atoms with Gasteiger partial charge in [-0.2, -0.15) is 0 Å². The molecule has 0 radical (unpaired) electrons. The molecule has 0 saturated carbocycles. The Kier molecular flexibility index (Phi) is 16.0. The van der Waals surface area contributed by atoms with Crippen molar-refractivity contribution < 1.29 is 46.5 Å². The molecule has 0 saturated heterocycles. The molecule has 0 fully saturated rings. The van der Waals surface area contributed by atoms with Gasteiger partial charge < -0.3 is 41.7 Å². The molecule has 0 bridgehead atoms. The Morgan fingerprint density at radius 1 is 0.788 bits per heavy atom. The normalized spacial score (nSPS) is 20.3. The van der Waals surface area contributed by atoms with E-state index >= 15 is 0 Å². The first-order valence-electron chi connectivity index (χ1n) is 11.6. The summed E-state index contributed by atoms with van der Waals surface area (Å²) in [5, 5.41) is -0.293. The SMILES string of the molecule is CCCCC(=O)[Si](OC(C)OC(C)OC)(OC(C)OC(C)OC)OC(C)(CC)OC(C)OC. The highest BCUT2D eigenvalue weighted by Gasteiger charge is 2.57. The van der Waals surface area contributed by atoms with Crippen LogP contribution in [0.5, 0.6) is 0 Å². The summed E-state index contributed by atoms with van der Waals surface area (Å²) in [6, 6.07) is 0. The van der Waals surface area contributed by atoms with Crippen LogP contribution in [0.2, 0.25) is 0 Å². The van der Waals surface area contributed by atoms with Crippen LogP contribution in [-0.4, -0.2) is 72.8 Å². The monoisotopic (exact) mass is 498 g/mol. The summed E-state index contributed by atoms with van der Waals surface area (Å²) in [4.78, 5) is 13.6. The van der Waals surface area contributed by atoms with E-state index in [4.69, 9.17) is 41.7 Å². The molecule has 0 heterocycles. The van der Waals surface area contributed by atoms with E-state index in [1.54, 1.807) is 41.5 Å². The van der Waals surface area contributed by atoms with Gasteiger partial charge in [-0.1, -0.05) is 20.3 Å². The van der Waals surface area contributed by atoms with E-state index in [2.05, 4.69) is 0 Å². The molecule has 0 aromatic rings. The first-order valence-corrected chi connectivity index (χ1v) is 13.3. The second-order valence-electron chi connectivity index (χ2n) is 7.84. The summed E-state index contributed by atoms with van der Waals surface area (Å²) in [5.41, 5.74) is 0. The van der Waals surface area contributed by atoms with Crippen molar-refractivity contribution in [3.05, 3.63) is 0 Å². The molecule has 0 rings (SSSR count). The smallest absolute Gasteiger partial charge is 0.356 e. The maximum Gasteiger partial charge on any atom is 0.580 e. The predicted molar refractivity (Wildman–Crippen MR) is 124 cm³/mol. The van der Waals surface area contributed by atoms with E-state index < -0.39 is 46.0 Å². The van der Waals surface area contributed by atoms with E-state index in [1.807, 2.05) is 13.8 Å². The molecular weight excluding hydrogens is 452 g/mol. The molecule has 33 heavy (non-hydrogen) atoms. The number of hydrogen-bond donors (Lipinski definition) is 0. The lowest BCUT2D eigenvalue weighted by atomic mass is 10.2. The Morgan fingerprint density at radius 2 is 1.24 bits per heavy atom. The van der Waals surface area contributed by atoms with Crippen LogP contribution in [0.15, 0.2) is 0 Å². The van der Waals surface area contributed by atoms with Crippen LogP contribution in [-0.2, 0) is 46.5 Å². The molecule has 0 aromatic heterocycles. The quantitative estimate of drug-likeness (QED) is 0.180. The van der Waals surface area contributed by atoms with Gasteiger partial charge in [-0.15, -0.1) is 0 Å². The lowest BCUT2D eigenvalue weighted by molar-refractivity contribution is -0.289. The molecule has 0 aliphatic heterocycles. The molecule has 0 aliphatic rings. The van der Waals surface area contributed by atoms with Crippen molar-refractivity contribution in [2.45, 2.75) is 118 Å². The van der Waals surface area contributed by atoms with Gasteiger partial charge in [0, 0.05) is 27.8 Å². The van der Waals surface area contributed by atoms with E-state index in [1.165, 1.54) is 21.3 Å². The minimum absolute atomic E-state index is 0.210. The summed E-state index contributed by atoms with van der Waals surface area (Å²) < 4.78 is 51.6. The number of carbonyl (C=O) groups excluding carboxylic acids is 1. The maximum atomic E-state index is 13.6. The molecule has 6 unspecified atom stereocenters. The fourth-order valence-electron chi connectivity index (χ4n) is 2.76. The molecule has 0 aromatic carbocycles. The van der Waals surface area contributed by atoms with E-state index in [9.17, 15) is 4.79 Å². The summed E-state index contributed by atoms with van der Waals surface area (Å²) in [7, 11) is 0.408. The highest BCUT2D eigenvalue weighted by Crippen LogP contribution is 2.30. The van der Waals surface area contributed by atoms with Crippen molar-refractivity contribution >= 4 is 14.2 Å². The van der Waals surface area contributed by atoms with Crippen LogP contribution in [0, 0.1) is 0 Å². The number of unbranched alkanes of at least 4 members (excludes halogenated alkanes) is 1. The van der Waals surface area contributed by atoms with Gasteiger partial charge in [0.2, 0.25) is 5.41 Å². The third-order valence-corrected chi connectivity index (χ3v) is 7.83. The van der Waals surface area contributed by atoms with Crippen LogP contribution in [0.25, 0.3) is 0 Å². The van der Waals surface area contributed by atoms with Crippen molar-refractivity contribution in [2.75, 3.05) is 21.3 Å². The van der Waals surface area contributed by atoms with Gasteiger partial charge in [-0.3, -0.25) is 4.79 Å². The predicted octanol–water partition coefficient (Wildman–Crippen LogP) is 4.12. The average molecular weight is 499 g/mol.